The van der Waals surface area contributed by atoms with Gasteiger partial charge in [-0.15, -0.1) is 23.7 Å². The molecule has 1 aromatic heterocycles. The summed E-state index contributed by atoms with van der Waals surface area (Å²) in [6.45, 7) is 2.14. The topological polar surface area (TPSA) is 63.2 Å². The van der Waals surface area contributed by atoms with Crippen LogP contribution in [0.3, 0.4) is 0 Å². The molecule has 1 aliphatic heterocycles. The average Bonchev–Trinajstić information content (AvgIpc) is 3.12. The summed E-state index contributed by atoms with van der Waals surface area (Å²) in [5, 5.41) is 7.51. The molecule has 3 aromatic rings. The fraction of sp³-hybridized carbons (Fsp3) is 0.364. The second kappa shape index (κ2) is 9.67. The van der Waals surface area contributed by atoms with E-state index in [9.17, 15) is 4.79 Å². The van der Waals surface area contributed by atoms with Crippen molar-refractivity contribution in [1.29, 1.82) is 0 Å². The third-order valence-electron chi connectivity index (χ3n) is 5.37. The molecule has 2 aromatic carbocycles. The molecule has 154 valence electrons. The van der Waals surface area contributed by atoms with Crippen molar-refractivity contribution in [3.05, 3.63) is 59.1 Å². The molecule has 0 aliphatic carbocycles. The van der Waals surface area contributed by atoms with Gasteiger partial charge < -0.3 is 15.4 Å². The Morgan fingerprint density at radius 1 is 1.17 bits per heavy atom. The highest BCUT2D eigenvalue weighted by atomic mass is 35.5. The van der Waals surface area contributed by atoms with Gasteiger partial charge in [0.1, 0.15) is 0 Å². The number of methoxy groups -OCH3 is 1. The fourth-order valence-electron chi connectivity index (χ4n) is 3.76. The summed E-state index contributed by atoms with van der Waals surface area (Å²) >= 11 is 1.73. The van der Waals surface area contributed by atoms with E-state index in [1.165, 1.54) is 10.3 Å². The molecule has 7 heteroatoms. The van der Waals surface area contributed by atoms with Crippen molar-refractivity contribution >= 4 is 45.6 Å². The number of aromatic nitrogens is 1. The number of fused-ring (bicyclic) bond motifs is 1. The SMILES string of the molecule is COCC1(C(=O)Nc2ccc(Cc3nc4ccccc4s3)cc2)CCNCC1.Cl. The molecule has 0 atom stereocenters. The van der Waals surface area contributed by atoms with Crippen molar-refractivity contribution < 1.29 is 9.53 Å². The summed E-state index contributed by atoms with van der Waals surface area (Å²) < 4.78 is 6.57. The minimum Gasteiger partial charge on any atom is -0.384 e. The summed E-state index contributed by atoms with van der Waals surface area (Å²) in [7, 11) is 1.66. The van der Waals surface area contributed by atoms with E-state index >= 15 is 0 Å². The predicted molar refractivity (Wildman–Crippen MR) is 121 cm³/mol. The minimum atomic E-state index is -0.445. The van der Waals surface area contributed by atoms with E-state index in [1.807, 2.05) is 30.3 Å². The van der Waals surface area contributed by atoms with Gasteiger partial charge in [-0.25, -0.2) is 4.98 Å². The molecule has 5 nitrogen and oxygen atoms in total. The number of hydrogen-bond donors (Lipinski definition) is 2. The zero-order valence-corrected chi connectivity index (χ0v) is 18.1. The summed E-state index contributed by atoms with van der Waals surface area (Å²) in [5.41, 5.74) is 2.62. The normalized spacial score (nSPS) is 15.6. The van der Waals surface area contributed by atoms with Crippen LogP contribution in [0.2, 0.25) is 0 Å². The van der Waals surface area contributed by atoms with E-state index < -0.39 is 5.41 Å². The Hall–Kier alpha value is -1.99. The first kappa shape index (κ1) is 21.7. The molecule has 2 heterocycles. The lowest BCUT2D eigenvalue weighted by Gasteiger charge is -2.35. The second-order valence-corrected chi connectivity index (χ2v) is 8.48. The molecule has 0 unspecified atom stereocenters. The quantitative estimate of drug-likeness (QED) is 0.612. The van der Waals surface area contributed by atoms with E-state index in [2.05, 4.69) is 28.8 Å². The number of amides is 1. The molecule has 0 radical (unpaired) electrons. The van der Waals surface area contributed by atoms with Crippen LogP contribution in [-0.4, -0.2) is 37.7 Å². The van der Waals surface area contributed by atoms with Gasteiger partial charge in [0, 0.05) is 19.2 Å². The van der Waals surface area contributed by atoms with Gasteiger partial charge in [-0.1, -0.05) is 24.3 Å². The Bertz CT molecular complexity index is 914. The van der Waals surface area contributed by atoms with Gasteiger partial charge in [-0.3, -0.25) is 4.79 Å². The number of carbonyl (C=O) groups excluding carboxylic acids is 1. The van der Waals surface area contributed by atoms with Gasteiger partial charge in [0.05, 0.1) is 27.2 Å². The van der Waals surface area contributed by atoms with Crippen LogP contribution in [0, 0.1) is 5.41 Å². The van der Waals surface area contributed by atoms with Crippen LogP contribution in [0.5, 0.6) is 0 Å². The summed E-state index contributed by atoms with van der Waals surface area (Å²) in [6, 6.07) is 16.3. The van der Waals surface area contributed by atoms with Crippen molar-refractivity contribution in [3.8, 4) is 0 Å². The third-order valence-corrected chi connectivity index (χ3v) is 6.40. The summed E-state index contributed by atoms with van der Waals surface area (Å²) in [6.07, 6.45) is 2.39. The Kier molecular flexibility index (Phi) is 7.24. The minimum absolute atomic E-state index is 0. The van der Waals surface area contributed by atoms with E-state index in [0.717, 1.165) is 48.6 Å². The maximum absolute atomic E-state index is 12.9. The number of nitrogens with one attached hydrogen (secondary N) is 2. The first-order chi connectivity index (χ1) is 13.7. The van der Waals surface area contributed by atoms with E-state index in [-0.39, 0.29) is 18.3 Å². The van der Waals surface area contributed by atoms with E-state index in [4.69, 9.17) is 9.72 Å². The van der Waals surface area contributed by atoms with Gasteiger partial charge in [-0.05, 0) is 55.8 Å². The molecule has 2 N–H and O–H groups in total. The highest BCUT2D eigenvalue weighted by Gasteiger charge is 2.39. The number of hydrogen-bond acceptors (Lipinski definition) is 5. The van der Waals surface area contributed by atoms with Crippen molar-refractivity contribution in [2.45, 2.75) is 19.3 Å². The maximum Gasteiger partial charge on any atom is 0.233 e. The number of nitrogens with zero attached hydrogens (tertiary/aromatic N) is 1. The van der Waals surface area contributed by atoms with Crippen LogP contribution in [0.4, 0.5) is 5.69 Å². The summed E-state index contributed by atoms with van der Waals surface area (Å²) in [4.78, 5) is 17.6. The zero-order chi connectivity index (χ0) is 19.4. The smallest absolute Gasteiger partial charge is 0.233 e. The number of ether oxygens (including phenoxy) is 1. The van der Waals surface area contributed by atoms with Crippen LogP contribution >= 0.6 is 23.7 Å². The Morgan fingerprint density at radius 2 is 1.90 bits per heavy atom. The molecule has 4 rings (SSSR count). The average molecular weight is 432 g/mol. The van der Waals surface area contributed by atoms with Gasteiger partial charge in [0.2, 0.25) is 5.91 Å². The van der Waals surface area contributed by atoms with Crippen molar-refractivity contribution in [2.24, 2.45) is 5.41 Å². The largest absolute Gasteiger partial charge is 0.384 e. The van der Waals surface area contributed by atoms with Crippen molar-refractivity contribution in [1.82, 2.24) is 10.3 Å². The van der Waals surface area contributed by atoms with Crippen LogP contribution < -0.4 is 10.6 Å². The molecule has 0 spiro atoms. The fourth-order valence-corrected chi connectivity index (χ4v) is 4.76. The Labute approximate surface area is 181 Å². The number of thiazole rings is 1. The van der Waals surface area contributed by atoms with E-state index in [0.29, 0.717) is 6.61 Å². The number of para-hydroxylation sites is 1. The number of carbonyl (C=O) groups is 1. The van der Waals surface area contributed by atoms with Gasteiger partial charge >= 0.3 is 0 Å². The lowest BCUT2D eigenvalue weighted by Crippen LogP contribution is -2.47. The highest BCUT2D eigenvalue weighted by Crippen LogP contribution is 2.31. The Morgan fingerprint density at radius 3 is 2.59 bits per heavy atom. The third kappa shape index (κ3) is 4.95. The lowest BCUT2D eigenvalue weighted by molar-refractivity contribution is -0.130. The molecular weight excluding hydrogens is 406 g/mol. The Balaban J connectivity index is 0.00000240. The monoisotopic (exact) mass is 431 g/mol. The van der Waals surface area contributed by atoms with Crippen molar-refractivity contribution in [2.75, 3.05) is 32.1 Å². The van der Waals surface area contributed by atoms with Crippen LogP contribution in [0.25, 0.3) is 10.2 Å². The number of rotatable bonds is 6. The van der Waals surface area contributed by atoms with Crippen LogP contribution in [-0.2, 0) is 16.0 Å². The molecule has 1 aliphatic rings. The molecule has 1 saturated heterocycles. The maximum atomic E-state index is 12.9. The number of benzene rings is 2. The molecule has 1 amide bonds. The lowest BCUT2D eigenvalue weighted by atomic mass is 9.78. The molecule has 0 saturated carbocycles. The molecular formula is C22H26ClN3O2S. The van der Waals surface area contributed by atoms with Crippen LogP contribution in [0.15, 0.2) is 48.5 Å². The van der Waals surface area contributed by atoms with Crippen molar-refractivity contribution in [3.63, 3.8) is 0 Å². The number of piperidine rings is 1. The van der Waals surface area contributed by atoms with Crippen LogP contribution in [0.1, 0.15) is 23.4 Å². The first-order valence-corrected chi connectivity index (χ1v) is 10.4. The first-order valence-electron chi connectivity index (χ1n) is 9.63. The zero-order valence-electron chi connectivity index (χ0n) is 16.4. The number of halogens is 1. The van der Waals surface area contributed by atoms with Gasteiger partial charge in [0.25, 0.3) is 0 Å². The molecule has 1 fully saturated rings. The molecule has 0 bridgehead atoms. The summed E-state index contributed by atoms with van der Waals surface area (Å²) in [5.74, 6) is 0.0507. The standard InChI is InChI=1S/C22H25N3O2S.ClH/c1-27-15-22(10-12-23-13-11-22)21(26)24-17-8-6-16(7-9-17)14-20-25-18-4-2-3-5-19(18)28-20;/h2-9,23H,10-15H2,1H3,(H,24,26);1H. The molecule has 29 heavy (non-hydrogen) atoms. The highest BCUT2D eigenvalue weighted by molar-refractivity contribution is 7.18. The number of anilines is 1. The second-order valence-electron chi connectivity index (χ2n) is 7.37. The van der Waals surface area contributed by atoms with E-state index in [1.54, 1.807) is 18.4 Å². The van der Waals surface area contributed by atoms with Gasteiger partial charge in [-0.2, -0.15) is 0 Å². The van der Waals surface area contributed by atoms with Gasteiger partial charge in [0.15, 0.2) is 0 Å². The predicted octanol–water partition coefficient (Wildman–Crippen LogP) is 4.26.